The van der Waals surface area contributed by atoms with E-state index in [0.717, 1.165) is 0 Å². The second-order valence-corrected chi connectivity index (χ2v) is 5.69. The third-order valence-electron chi connectivity index (χ3n) is 3.92. The van der Waals surface area contributed by atoms with Crippen molar-refractivity contribution in [2.45, 2.75) is 13.0 Å². The third kappa shape index (κ3) is 4.44. The van der Waals surface area contributed by atoms with E-state index in [-0.39, 0.29) is 29.0 Å². The Morgan fingerprint density at radius 3 is 2.56 bits per heavy atom. The third-order valence-corrected chi connectivity index (χ3v) is 3.92. The van der Waals surface area contributed by atoms with Crippen molar-refractivity contribution in [3.8, 4) is 16.9 Å². The molecule has 0 spiro atoms. The van der Waals surface area contributed by atoms with Gasteiger partial charge in [0, 0.05) is 12.6 Å². The molecule has 0 saturated carbocycles. The average molecular weight is 373 g/mol. The summed E-state index contributed by atoms with van der Waals surface area (Å²) in [5, 5.41) is 9.20. The first kappa shape index (κ1) is 18.4. The van der Waals surface area contributed by atoms with Gasteiger partial charge in [-0.2, -0.15) is 8.78 Å². The summed E-state index contributed by atoms with van der Waals surface area (Å²) in [5.74, 6) is -1.70. The number of carboxylic acids is 1. The maximum atomic E-state index is 14.5. The van der Waals surface area contributed by atoms with Gasteiger partial charge in [0.05, 0.1) is 11.3 Å². The van der Waals surface area contributed by atoms with Crippen molar-refractivity contribution in [3.05, 3.63) is 83.4 Å². The highest BCUT2D eigenvalue weighted by Gasteiger charge is 2.14. The Morgan fingerprint density at radius 2 is 1.85 bits per heavy atom. The quantitative estimate of drug-likeness (QED) is 0.676. The van der Waals surface area contributed by atoms with Crippen molar-refractivity contribution < 1.29 is 27.8 Å². The number of alkyl halides is 2. The van der Waals surface area contributed by atoms with Gasteiger partial charge >= 0.3 is 12.6 Å². The van der Waals surface area contributed by atoms with Crippen LogP contribution in [0, 0.1) is 5.82 Å². The maximum Gasteiger partial charge on any atom is 0.387 e. The van der Waals surface area contributed by atoms with Crippen LogP contribution in [-0.4, -0.2) is 22.7 Å². The average Bonchev–Trinajstić information content (AvgIpc) is 2.63. The van der Waals surface area contributed by atoms with Gasteiger partial charge < -0.3 is 9.84 Å². The zero-order chi connectivity index (χ0) is 19.4. The molecular formula is C20H14F3NO3. The van der Waals surface area contributed by atoms with Crippen LogP contribution in [0.5, 0.6) is 5.75 Å². The summed E-state index contributed by atoms with van der Waals surface area (Å²) in [6, 6.07) is 13.3. The first-order chi connectivity index (χ1) is 12.9. The standard InChI is InChI=1S/C20H14F3NO3/c21-17-10-13(12-3-1-4-15(9-12)27-20(22)23)6-7-14(17)11-18-16(19(25)26)5-2-8-24-18/h1-10,20H,11H2,(H,25,26). The highest BCUT2D eigenvalue weighted by molar-refractivity contribution is 5.88. The molecule has 1 aromatic heterocycles. The highest BCUT2D eigenvalue weighted by atomic mass is 19.3. The molecule has 138 valence electrons. The van der Waals surface area contributed by atoms with E-state index in [1.165, 1.54) is 48.7 Å². The molecule has 0 radical (unpaired) electrons. The summed E-state index contributed by atoms with van der Waals surface area (Å²) in [4.78, 5) is 15.3. The van der Waals surface area contributed by atoms with Crippen LogP contribution in [-0.2, 0) is 6.42 Å². The minimum Gasteiger partial charge on any atom is -0.478 e. The molecule has 2 aromatic carbocycles. The number of halogens is 3. The molecule has 0 atom stereocenters. The second kappa shape index (κ2) is 7.90. The van der Waals surface area contributed by atoms with Crippen molar-refractivity contribution in [2.75, 3.05) is 0 Å². The molecule has 0 aliphatic heterocycles. The van der Waals surface area contributed by atoms with Gasteiger partial charge in [0.25, 0.3) is 0 Å². The molecule has 4 nitrogen and oxygen atoms in total. The van der Waals surface area contributed by atoms with Crippen molar-refractivity contribution in [1.29, 1.82) is 0 Å². The van der Waals surface area contributed by atoms with E-state index in [1.54, 1.807) is 12.1 Å². The number of hydrogen-bond acceptors (Lipinski definition) is 3. The minimum absolute atomic E-state index is 0.0119. The van der Waals surface area contributed by atoms with Gasteiger partial charge in [-0.1, -0.05) is 24.3 Å². The van der Waals surface area contributed by atoms with Crippen LogP contribution in [0.25, 0.3) is 11.1 Å². The summed E-state index contributed by atoms with van der Waals surface area (Å²) in [5.41, 5.74) is 1.54. The Bertz CT molecular complexity index is 976. The van der Waals surface area contributed by atoms with Gasteiger partial charge in [0.15, 0.2) is 0 Å². The Kier molecular flexibility index (Phi) is 5.40. The van der Waals surface area contributed by atoms with E-state index in [2.05, 4.69) is 9.72 Å². The van der Waals surface area contributed by atoms with E-state index in [1.807, 2.05) is 0 Å². The number of rotatable bonds is 6. The Morgan fingerprint density at radius 1 is 1.07 bits per heavy atom. The molecule has 0 bridgehead atoms. The Balaban J connectivity index is 1.88. The van der Waals surface area contributed by atoms with Gasteiger partial charge in [0.2, 0.25) is 0 Å². The molecule has 7 heteroatoms. The van der Waals surface area contributed by atoms with Crippen LogP contribution in [0.4, 0.5) is 13.2 Å². The fourth-order valence-electron chi connectivity index (χ4n) is 2.68. The fraction of sp³-hybridized carbons (Fsp3) is 0.100. The van der Waals surface area contributed by atoms with Crippen LogP contribution in [0.2, 0.25) is 0 Å². The first-order valence-electron chi connectivity index (χ1n) is 7.95. The van der Waals surface area contributed by atoms with E-state index in [4.69, 9.17) is 0 Å². The minimum atomic E-state index is -2.94. The zero-order valence-electron chi connectivity index (χ0n) is 13.9. The Hall–Kier alpha value is -3.35. The molecule has 0 saturated heterocycles. The lowest BCUT2D eigenvalue weighted by molar-refractivity contribution is -0.0498. The molecule has 0 aliphatic carbocycles. The predicted octanol–water partition coefficient (Wildman–Crippen LogP) is 4.78. The Labute approximate surface area is 152 Å². The molecule has 0 aliphatic rings. The number of hydrogen-bond donors (Lipinski definition) is 1. The monoisotopic (exact) mass is 373 g/mol. The lowest BCUT2D eigenvalue weighted by Gasteiger charge is -2.10. The first-order valence-corrected chi connectivity index (χ1v) is 7.95. The SMILES string of the molecule is O=C(O)c1cccnc1Cc1ccc(-c2cccc(OC(F)F)c2)cc1F. The van der Waals surface area contributed by atoms with E-state index < -0.39 is 18.4 Å². The van der Waals surface area contributed by atoms with Crippen LogP contribution in [0.1, 0.15) is 21.6 Å². The van der Waals surface area contributed by atoms with E-state index in [9.17, 15) is 23.1 Å². The van der Waals surface area contributed by atoms with Gasteiger partial charge in [-0.15, -0.1) is 0 Å². The normalized spacial score (nSPS) is 10.8. The van der Waals surface area contributed by atoms with Crippen molar-refractivity contribution in [2.24, 2.45) is 0 Å². The highest BCUT2D eigenvalue weighted by Crippen LogP contribution is 2.27. The van der Waals surface area contributed by atoms with Gasteiger partial charge in [-0.25, -0.2) is 9.18 Å². The van der Waals surface area contributed by atoms with Gasteiger partial charge in [0.1, 0.15) is 11.6 Å². The van der Waals surface area contributed by atoms with E-state index >= 15 is 0 Å². The number of carbonyl (C=O) groups is 1. The predicted molar refractivity (Wildman–Crippen MR) is 92.5 cm³/mol. The summed E-state index contributed by atoms with van der Waals surface area (Å²) in [6.07, 6.45) is 1.46. The van der Waals surface area contributed by atoms with Crippen LogP contribution < -0.4 is 4.74 Å². The van der Waals surface area contributed by atoms with Gasteiger partial charge in [-0.05, 0) is 47.0 Å². The topological polar surface area (TPSA) is 59.4 Å². The van der Waals surface area contributed by atoms with Crippen LogP contribution in [0.15, 0.2) is 60.8 Å². The lowest BCUT2D eigenvalue weighted by atomic mass is 10.00. The number of aromatic carboxylic acids is 1. The van der Waals surface area contributed by atoms with E-state index in [0.29, 0.717) is 11.1 Å². The number of benzene rings is 2. The molecule has 0 unspecified atom stereocenters. The molecule has 0 amide bonds. The van der Waals surface area contributed by atoms with Crippen molar-refractivity contribution >= 4 is 5.97 Å². The maximum absolute atomic E-state index is 14.5. The molecule has 0 fully saturated rings. The summed E-state index contributed by atoms with van der Waals surface area (Å²) < 4.78 is 43.6. The number of aromatic nitrogens is 1. The second-order valence-electron chi connectivity index (χ2n) is 5.69. The van der Waals surface area contributed by atoms with Crippen LogP contribution in [0.3, 0.4) is 0 Å². The molecule has 1 heterocycles. The smallest absolute Gasteiger partial charge is 0.387 e. The molecule has 3 aromatic rings. The molecule has 3 rings (SSSR count). The summed E-state index contributed by atoms with van der Waals surface area (Å²) in [6.45, 7) is -2.94. The van der Waals surface area contributed by atoms with Crippen molar-refractivity contribution in [1.82, 2.24) is 4.98 Å². The van der Waals surface area contributed by atoms with Gasteiger partial charge in [-0.3, -0.25) is 4.98 Å². The number of carboxylic acid groups (broad SMARTS) is 1. The number of pyridine rings is 1. The summed E-state index contributed by atoms with van der Waals surface area (Å²) in [7, 11) is 0. The fourth-order valence-corrected chi connectivity index (χ4v) is 2.68. The van der Waals surface area contributed by atoms with Crippen molar-refractivity contribution in [3.63, 3.8) is 0 Å². The largest absolute Gasteiger partial charge is 0.478 e. The number of ether oxygens (including phenoxy) is 1. The summed E-state index contributed by atoms with van der Waals surface area (Å²) >= 11 is 0. The zero-order valence-corrected chi connectivity index (χ0v) is 13.9. The lowest BCUT2D eigenvalue weighted by Crippen LogP contribution is -2.06. The molecule has 1 N–H and O–H groups in total. The molecular weight excluding hydrogens is 359 g/mol. The number of nitrogens with zero attached hydrogens (tertiary/aromatic N) is 1. The van der Waals surface area contributed by atoms with Crippen LogP contribution >= 0.6 is 0 Å². The molecule has 27 heavy (non-hydrogen) atoms.